The van der Waals surface area contributed by atoms with E-state index in [-0.39, 0.29) is 17.8 Å². The van der Waals surface area contributed by atoms with Crippen molar-refractivity contribution < 1.29 is 18.0 Å². The topological polar surface area (TPSA) is 17.1 Å². The van der Waals surface area contributed by atoms with Crippen LogP contribution in [0.25, 0.3) is 0 Å². The number of carbonyl (C=O) groups excluding carboxylic acids is 1. The monoisotopic (exact) mass is 328 g/mol. The molecule has 98 valence electrons. The zero-order chi connectivity index (χ0) is 14.0. The maximum absolute atomic E-state index is 13.0. The maximum Gasteiger partial charge on any atom is 0.167 e. The molecule has 2 aromatic carbocycles. The molecular formula is C14H8BrF3O. The van der Waals surface area contributed by atoms with E-state index >= 15 is 0 Å². The van der Waals surface area contributed by atoms with E-state index < -0.39 is 17.5 Å². The molecule has 0 aliphatic heterocycles. The third-order valence-corrected chi connectivity index (χ3v) is 3.35. The molecule has 5 heteroatoms. The van der Waals surface area contributed by atoms with E-state index in [0.29, 0.717) is 10.0 Å². The average molecular weight is 329 g/mol. The third-order valence-electron chi connectivity index (χ3n) is 2.61. The Morgan fingerprint density at radius 2 is 1.74 bits per heavy atom. The standard InChI is InChI=1S/C14H8BrF3O/c15-11-7-10(16)3-1-8(11)6-14(19)9-2-4-12(17)13(18)5-9/h1-5,7H,6H2. The molecule has 0 saturated heterocycles. The van der Waals surface area contributed by atoms with Crippen molar-refractivity contribution in [2.45, 2.75) is 6.42 Å². The molecule has 0 amide bonds. The molecule has 19 heavy (non-hydrogen) atoms. The Morgan fingerprint density at radius 1 is 1.00 bits per heavy atom. The molecule has 2 aromatic rings. The fourth-order valence-corrected chi connectivity index (χ4v) is 2.10. The lowest BCUT2D eigenvalue weighted by atomic mass is 10.0. The van der Waals surface area contributed by atoms with Crippen molar-refractivity contribution in [2.24, 2.45) is 0 Å². The van der Waals surface area contributed by atoms with Crippen molar-refractivity contribution in [1.82, 2.24) is 0 Å². The first-order valence-electron chi connectivity index (χ1n) is 5.39. The summed E-state index contributed by atoms with van der Waals surface area (Å²) in [6.45, 7) is 0. The number of benzene rings is 2. The number of hydrogen-bond acceptors (Lipinski definition) is 1. The summed E-state index contributed by atoms with van der Waals surface area (Å²) in [5.74, 6) is -2.86. The normalized spacial score (nSPS) is 10.5. The van der Waals surface area contributed by atoms with Crippen LogP contribution >= 0.6 is 15.9 Å². The molecule has 0 heterocycles. The summed E-state index contributed by atoms with van der Waals surface area (Å²) in [4.78, 5) is 11.9. The fourth-order valence-electron chi connectivity index (χ4n) is 1.61. The van der Waals surface area contributed by atoms with Crippen LogP contribution in [0, 0.1) is 17.5 Å². The van der Waals surface area contributed by atoms with Gasteiger partial charge in [-0.1, -0.05) is 22.0 Å². The summed E-state index contributed by atoms with van der Waals surface area (Å²) < 4.78 is 39.1. The van der Waals surface area contributed by atoms with Gasteiger partial charge < -0.3 is 0 Å². The van der Waals surface area contributed by atoms with Crippen LogP contribution in [0.3, 0.4) is 0 Å². The highest BCUT2D eigenvalue weighted by molar-refractivity contribution is 9.10. The van der Waals surface area contributed by atoms with Crippen molar-refractivity contribution >= 4 is 21.7 Å². The molecule has 0 radical (unpaired) electrons. The van der Waals surface area contributed by atoms with E-state index in [1.807, 2.05) is 0 Å². The lowest BCUT2D eigenvalue weighted by molar-refractivity contribution is 0.0992. The minimum absolute atomic E-state index is 0.0219. The van der Waals surface area contributed by atoms with Gasteiger partial charge in [0.2, 0.25) is 0 Å². The summed E-state index contributed by atoms with van der Waals surface area (Å²) >= 11 is 3.15. The van der Waals surface area contributed by atoms with Crippen LogP contribution in [0.2, 0.25) is 0 Å². The van der Waals surface area contributed by atoms with Crippen molar-refractivity contribution in [3.05, 3.63) is 69.4 Å². The van der Waals surface area contributed by atoms with Crippen LogP contribution in [0.15, 0.2) is 40.9 Å². The Morgan fingerprint density at radius 3 is 2.37 bits per heavy atom. The van der Waals surface area contributed by atoms with E-state index in [0.717, 1.165) is 12.1 Å². The second-order valence-corrected chi connectivity index (χ2v) is 4.82. The van der Waals surface area contributed by atoms with Gasteiger partial charge in [-0.2, -0.15) is 0 Å². The molecule has 0 spiro atoms. The second-order valence-electron chi connectivity index (χ2n) is 3.96. The molecule has 1 nitrogen and oxygen atoms in total. The van der Waals surface area contributed by atoms with Gasteiger partial charge in [-0.15, -0.1) is 0 Å². The second kappa shape index (κ2) is 5.57. The van der Waals surface area contributed by atoms with E-state index in [1.54, 1.807) is 0 Å². The van der Waals surface area contributed by atoms with Gasteiger partial charge in [0.25, 0.3) is 0 Å². The number of halogens is 4. The molecule has 0 N–H and O–H groups in total. The smallest absolute Gasteiger partial charge is 0.167 e. The summed E-state index contributed by atoms with van der Waals surface area (Å²) in [6, 6.07) is 6.93. The van der Waals surface area contributed by atoms with Crippen LogP contribution < -0.4 is 0 Å². The molecule has 0 unspecified atom stereocenters. The fraction of sp³-hybridized carbons (Fsp3) is 0.0714. The summed E-state index contributed by atoms with van der Waals surface area (Å²) in [5, 5.41) is 0. The van der Waals surface area contributed by atoms with Crippen molar-refractivity contribution in [1.29, 1.82) is 0 Å². The van der Waals surface area contributed by atoms with Crippen molar-refractivity contribution in [2.75, 3.05) is 0 Å². The van der Waals surface area contributed by atoms with E-state index in [1.165, 1.54) is 24.3 Å². The van der Waals surface area contributed by atoms with E-state index in [9.17, 15) is 18.0 Å². The third kappa shape index (κ3) is 3.23. The van der Waals surface area contributed by atoms with E-state index in [2.05, 4.69) is 15.9 Å². The first-order valence-corrected chi connectivity index (χ1v) is 6.19. The first kappa shape index (κ1) is 13.8. The number of hydrogen-bond donors (Lipinski definition) is 0. The van der Waals surface area contributed by atoms with Gasteiger partial charge in [0.05, 0.1) is 0 Å². The van der Waals surface area contributed by atoms with Crippen molar-refractivity contribution in [3.8, 4) is 0 Å². The summed E-state index contributed by atoms with van der Waals surface area (Å²) in [6.07, 6.45) is -0.0219. The molecule has 0 aliphatic carbocycles. The first-order chi connectivity index (χ1) is 8.97. The predicted octanol–water partition coefficient (Wildman–Crippen LogP) is 4.29. The van der Waals surface area contributed by atoms with Gasteiger partial charge in [-0.25, -0.2) is 13.2 Å². The Balaban J connectivity index is 2.23. The Hall–Kier alpha value is -1.62. The predicted molar refractivity (Wildman–Crippen MR) is 68.5 cm³/mol. The molecular weight excluding hydrogens is 321 g/mol. The number of carbonyl (C=O) groups is 1. The molecule has 0 saturated carbocycles. The lowest BCUT2D eigenvalue weighted by Gasteiger charge is -2.05. The van der Waals surface area contributed by atoms with Crippen LogP contribution in [-0.2, 0) is 6.42 Å². The van der Waals surface area contributed by atoms with Crippen LogP contribution in [0.5, 0.6) is 0 Å². The highest BCUT2D eigenvalue weighted by atomic mass is 79.9. The van der Waals surface area contributed by atoms with Gasteiger partial charge in [-0.05, 0) is 35.9 Å². The van der Waals surface area contributed by atoms with E-state index in [4.69, 9.17) is 0 Å². The van der Waals surface area contributed by atoms with Crippen LogP contribution in [-0.4, -0.2) is 5.78 Å². The molecule has 0 aliphatic rings. The molecule has 0 aromatic heterocycles. The Labute approximate surface area is 116 Å². The van der Waals surface area contributed by atoms with Crippen LogP contribution in [0.1, 0.15) is 15.9 Å². The summed E-state index contributed by atoms with van der Waals surface area (Å²) in [5.41, 5.74) is 0.659. The van der Waals surface area contributed by atoms with Gasteiger partial charge >= 0.3 is 0 Å². The Kier molecular flexibility index (Phi) is 4.04. The van der Waals surface area contributed by atoms with Crippen LogP contribution in [0.4, 0.5) is 13.2 Å². The summed E-state index contributed by atoms with van der Waals surface area (Å²) in [7, 11) is 0. The minimum atomic E-state index is -1.07. The number of ketones is 1. The molecule has 2 rings (SSSR count). The van der Waals surface area contributed by atoms with Gasteiger partial charge in [0.1, 0.15) is 5.82 Å². The molecule has 0 fully saturated rings. The highest BCUT2D eigenvalue weighted by Gasteiger charge is 2.12. The zero-order valence-corrected chi connectivity index (χ0v) is 11.2. The minimum Gasteiger partial charge on any atom is -0.294 e. The van der Waals surface area contributed by atoms with Gasteiger partial charge in [0, 0.05) is 16.5 Å². The maximum atomic E-state index is 13.0. The van der Waals surface area contributed by atoms with Gasteiger partial charge in [-0.3, -0.25) is 4.79 Å². The zero-order valence-electron chi connectivity index (χ0n) is 9.59. The SMILES string of the molecule is O=C(Cc1ccc(F)cc1Br)c1ccc(F)c(F)c1. The lowest BCUT2D eigenvalue weighted by Crippen LogP contribution is -2.05. The quantitative estimate of drug-likeness (QED) is 0.768. The largest absolute Gasteiger partial charge is 0.294 e. The average Bonchev–Trinajstić information content (AvgIpc) is 2.36. The Bertz CT molecular complexity index is 641. The van der Waals surface area contributed by atoms with Crippen molar-refractivity contribution in [3.63, 3.8) is 0 Å². The van der Waals surface area contributed by atoms with Gasteiger partial charge in [0.15, 0.2) is 17.4 Å². The molecule has 0 bridgehead atoms. The highest BCUT2D eigenvalue weighted by Crippen LogP contribution is 2.20. The molecule has 0 atom stereocenters. The number of Topliss-reactive ketones (excluding diaryl/α,β-unsaturated/α-hetero) is 1. The number of rotatable bonds is 3.